The molecule has 0 amide bonds. The Balaban J connectivity index is 2.29. The molecule has 0 spiro atoms. The number of hydrogen-bond acceptors (Lipinski definition) is 4. The fourth-order valence-electron chi connectivity index (χ4n) is 3.53. The van der Waals surface area contributed by atoms with Gasteiger partial charge in [0.2, 0.25) is 0 Å². The van der Waals surface area contributed by atoms with Gasteiger partial charge in [-0.1, -0.05) is 13.8 Å². The van der Waals surface area contributed by atoms with Gasteiger partial charge in [-0.05, 0) is 44.9 Å². The molecule has 2 rings (SSSR count). The first kappa shape index (κ1) is 16.5. The van der Waals surface area contributed by atoms with E-state index in [2.05, 4.69) is 35.7 Å². The molecule has 5 nitrogen and oxygen atoms in total. The van der Waals surface area contributed by atoms with Crippen LogP contribution in [0, 0.1) is 5.92 Å². The molecule has 0 aromatic carbocycles. The lowest BCUT2D eigenvalue weighted by atomic mass is 9.75. The van der Waals surface area contributed by atoms with Crippen LogP contribution in [0.5, 0.6) is 0 Å². The minimum Gasteiger partial charge on any atom is -0.373 e. The molecule has 1 aromatic heterocycles. The number of hydrazine groups is 1. The number of nitrogens with zero attached hydrogens (tertiary/aromatic N) is 2. The van der Waals surface area contributed by atoms with E-state index >= 15 is 0 Å². The predicted molar refractivity (Wildman–Crippen MR) is 84.6 cm³/mol. The van der Waals surface area contributed by atoms with Crippen LogP contribution in [0.4, 0.5) is 0 Å². The Hall–Kier alpha value is -0.910. The first-order valence-corrected chi connectivity index (χ1v) is 8.28. The zero-order chi connectivity index (χ0) is 15.3. The Kier molecular flexibility index (Phi) is 5.79. The fourth-order valence-corrected chi connectivity index (χ4v) is 3.53. The van der Waals surface area contributed by atoms with Gasteiger partial charge in [-0.15, -0.1) is 0 Å². The lowest BCUT2D eigenvalue weighted by molar-refractivity contribution is -0.1000. The van der Waals surface area contributed by atoms with Gasteiger partial charge in [0.1, 0.15) is 11.9 Å². The largest absolute Gasteiger partial charge is 0.373 e. The molecule has 1 heterocycles. The van der Waals surface area contributed by atoms with Crippen LogP contribution in [0.15, 0.2) is 12.4 Å². The van der Waals surface area contributed by atoms with Crippen LogP contribution in [0.2, 0.25) is 0 Å². The molecule has 0 saturated heterocycles. The van der Waals surface area contributed by atoms with Gasteiger partial charge in [0.15, 0.2) is 0 Å². The average molecular weight is 294 g/mol. The van der Waals surface area contributed by atoms with Gasteiger partial charge >= 0.3 is 0 Å². The lowest BCUT2D eigenvalue weighted by Gasteiger charge is -2.44. The van der Waals surface area contributed by atoms with Crippen molar-refractivity contribution in [3.63, 3.8) is 0 Å². The number of aromatic nitrogens is 2. The lowest BCUT2D eigenvalue weighted by Crippen LogP contribution is -2.51. The molecule has 1 atom stereocenters. The van der Waals surface area contributed by atoms with Crippen molar-refractivity contribution in [3.8, 4) is 0 Å². The van der Waals surface area contributed by atoms with E-state index in [1.807, 2.05) is 12.4 Å². The smallest absolute Gasteiger partial charge is 0.130 e. The summed E-state index contributed by atoms with van der Waals surface area (Å²) >= 11 is 0. The Morgan fingerprint density at radius 3 is 2.76 bits per heavy atom. The highest BCUT2D eigenvalue weighted by Gasteiger charge is 2.44. The van der Waals surface area contributed by atoms with E-state index in [0.29, 0.717) is 6.61 Å². The second-order valence-corrected chi connectivity index (χ2v) is 6.26. The number of imidazole rings is 1. The Labute approximate surface area is 128 Å². The highest BCUT2D eigenvalue weighted by atomic mass is 16.5. The summed E-state index contributed by atoms with van der Waals surface area (Å²) in [7, 11) is 0. The molecule has 0 radical (unpaired) electrons. The summed E-state index contributed by atoms with van der Waals surface area (Å²) in [6, 6.07) is -0.0495. The van der Waals surface area contributed by atoms with Crippen molar-refractivity contribution >= 4 is 0 Å². The van der Waals surface area contributed by atoms with Crippen LogP contribution < -0.4 is 11.3 Å². The zero-order valence-corrected chi connectivity index (χ0v) is 13.6. The molecule has 0 aliphatic heterocycles. The third kappa shape index (κ3) is 3.47. The van der Waals surface area contributed by atoms with E-state index in [1.165, 1.54) is 12.8 Å². The van der Waals surface area contributed by atoms with Crippen molar-refractivity contribution in [1.82, 2.24) is 15.0 Å². The van der Waals surface area contributed by atoms with Crippen LogP contribution >= 0.6 is 0 Å². The maximum absolute atomic E-state index is 6.23. The van der Waals surface area contributed by atoms with Gasteiger partial charge in [-0.3, -0.25) is 5.84 Å². The van der Waals surface area contributed by atoms with E-state index in [9.17, 15) is 0 Å². The van der Waals surface area contributed by atoms with Crippen LogP contribution in [-0.4, -0.2) is 21.8 Å². The van der Waals surface area contributed by atoms with Gasteiger partial charge < -0.3 is 9.30 Å². The fraction of sp³-hybridized carbons (Fsp3) is 0.812. The van der Waals surface area contributed by atoms with Crippen molar-refractivity contribution in [1.29, 1.82) is 0 Å². The third-order valence-electron chi connectivity index (χ3n) is 4.72. The van der Waals surface area contributed by atoms with Crippen LogP contribution in [-0.2, 0) is 11.3 Å². The molecule has 1 unspecified atom stereocenters. The maximum atomic E-state index is 6.23. The first-order valence-electron chi connectivity index (χ1n) is 8.28. The molecule has 1 aromatic rings. The molecule has 1 aliphatic rings. The van der Waals surface area contributed by atoms with Gasteiger partial charge in [-0.25, -0.2) is 10.4 Å². The summed E-state index contributed by atoms with van der Waals surface area (Å²) in [6.45, 7) is 8.23. The molecule has 1 saturated carbocycles. The topological polar surface area (TPSA) is 65.1 Å². The zero-order valence-electron chi connectivity index (χ0n) is 13.6. The molecule has 21 heavy (non-hydrogen) atoms. The number of rotatable bonds is 7. The van der Waals surface area contributed by atoms with Crippen molar-refractivity contribution in [2.75, 3.05) is 6.61 Å². The Morgan fingerprint density at radius 1 is 1.48 bits per heavy atom. The van der Waals surface area contributed by atoms with Crippen molar-refractivity contribution < 1.29 is 4.74 Å². The van der Waals surface area contributed by atoms with Gasteiger partial charge in [-0.2, -0.15) is 0 Å². The molecule has 1 fully saturated rings. The van der Waals surface area contributed by atoms with E-state index in [4.69, 9.17) is 10.6 Å². The van der Waals surface area contributed by atoms with Crippen molar-refractivity contribution in [2.45, 2.75) is 71.1 Å². The average Bonchev–Trinajstić information content (AvgIpc) is 2.92. The van der Waals surface area contributed by atoms with E-state index in [-0.39, 0.29) is 11.6 Å². The number of hydrogen-bond donors (Lipinski definition) is 2. The summed E-state index contributed by atoms with van der Waals surface area (Å²) in [5.74, 6) is 7.70. The monoisotopic (exact) mass is 294 g/mol. The third-order valence-corrected chi connectivity index (χ3v) is 4.72. The SMILES string of the molecule is CCCn1ccnc1C(NN)C1(OCC)CCC(C)CC1. The molecular weight excluding hydrogens is 264 g/mol. The van der Waals surface area contributed by atoms with Crippen molar-refractivity contribution in [2.24, 2.45) is 11.8 Å². The molecule has 1 aliphatic carbocycles. The quantitative estimate of drug-likeness (QED) is 0.599. The summed E-state index contributed by atoms with van der Waals surface area (Å²) in [5, 5.41) is 0. The van der Waals surface area contributed by atoms with E-state index in [1.54, 1.807) is 0 Å². The van der Waals surface area contributed by atoms with Gasteiger partial charge in [0.25, 0.3) is 0 Å². The van der Waals surface area contributed by atoms with E-state index < -0.39 is 0 Å². The second-order valence-electron chi connectivity index (χ2n) is 6.26. The maximum Gasteiger partial charge on any atom is 0.130 e. The summed E-state index contributed by atoms with van der Waals surface area (Å²) in [6.07, 6.45) is 9.43. The van der Waals surface area contributed by atoms with E-state index in [0.717, 1.165) is 37.5 Å². The second kappa shape index (κ2) is 7.38. The first-order chi connectivity index (χ1) is 10.2. The van der Waals surface area contributed by atoms with Crippen LogP contribution in [0.1, 0.15) is 64.7 Å². The highest BCUT2D eigenvalue weighted by Crippen LogP contribution is 2.42. The minimum atomic E-state index is -0.229. The summed E-state index contributed by atoms with van der Waals surface area (Å²) in [5.41, 5.74) is 2.78. The van der Waals surface area contributed by atoms with Crippen LogP contribution in [0.3, 0.4) is 0 Å². The number of aryl methyl sites for hydroxylation is 1. The van der Waals surface area contributed by atoms with Crippen molar-refractivity contribution in [3.05, 3.63) is 18.2 Å². The molecule has 3 N–H and O–H groups in total. The number of ether oxygens (including phenoxy) is 1. The Bertz CT molecular complexity index is 424. The van der Waals surface area contributed by atoms with Crippen LogP contribution in [0.25, 0.3) is 0 Å². The highest BCUT2D eigenvalue weighted by molar-refractivity contribution is 5.09. The van der Waals surface area contributed by atoms with Gasteiger partial charge in [0, 0.05) is 25.5 Å². The Morgan fingerprint density at radius 2 is 2.19 bits per heavy atom. The summed E-state index contributed by atoms with van der Waals surface area (Å²) < 4.78 is 8.43. The number of nitrogens with one attached hydrogen (secondary N) is 1. The summed E-state index contributed by atoms with van der Waals surface area (Å²) in [4.78, 5) is 4.57. The molecular formula is C16H30N4O. The minimum absolute atomic E-state index is 0.0495. The number of nitrogens with two attached hydrogens (primary N) is 1. The normalized spacial score (nSPS) is 27.7. The predicted octanol–water partition coefficient (Wildman–Crippen LogP) is 2.78. The molecule has 5 heteroatoms. The molecule has 0 bridgehead atoms. The van der Waals surface area contributed by atoms with Gasteiger partial charge in [0.05, 0.1) is 5.60 Å². The molecule has 120 valence electrons. The standard InChI is InChI=1S/C16H30N4O/c1-4-11-20-12-10-18-15(20)14(19-17)16(21-5-2)8-6-13(3)7-9-16/h10,12-14,19H,4-9,11,17H2,1-3H3.